The lowest BCUT2D eigenvalue weighted by molar-refractivity contribution is -0.0752. The van der Waals surface area contributed by atoms with Gasteiger partial charge < -0.3 is 14.2 Å². The highest BCUT2D eigenvalue weighted by Gasteiger charge is 2.28. The zero-order chi connectivity index (χ0) is 15.1. The number of rotatable bonds is 4. The maximum absolute atomic E-state index is 10.5. The Morgan fingerprint density at radius 1 is 1.45 bits per heavy atom. The van der Waals surface area contributed by atoms with Crippen LogP contribution in [0, 0.1) is 6.92 Å². The molecule has 5 heteroatoms. The first-order valence-corrected chi connectivity index (χ1v) is 6.40. The molecule has 20 heavy (non-hydrogen) atoms. The van der Waals surface area contributed by atoms with Gasteiger partial charge in [0.25, 0.3) is 0 Å². The minimum atomic E-state index is -1.11. The Labute approximate surface area is 119 Å². The first-order chi connectivity index (χ1) is 9.27. The fourth-order valence-electron chi connectivity index (χ4n) is 2.01. The van der Waals surface area contributed by atoms with E-state index in [9.17, 15) is 5.11 Å². The molecule has 2 rings (SSSR count). The van der Waals surface area contributed by atoms with Crippen LogP contribution in [-0.4, -0.2) is 40.6 Å². The standard InChI is InChI=1S/C15H21N3O2/c1-10-8-18-9-13(15(3,19)17(4)5)16-14(18)7-12(10)11(2)20-6/h7-9,19H,2H2,1,3-6H3. The van der Waals surface area contributed by atoms with Gasteiger partial charge in [0.15, 0.2) is 5.72 Å². The smallest absolute Gasteiger partial charge is 0.159 e. The highest BCUT2D eigenvalue weighted by Crippen LogP contribution is 2.25. The van der Waals surface area contributed by atoms with Crippen LogP contribution in [0.25, 0.3) is 11.4 Å². The van der Waals surface area contributed by atoms with Gasteiger partial charge >= 0.3 is 0 Å². The van der Waals surface area contributed by atoms with Gasteiger partial charge in [-0.15, -0.1) is 0 Å². The number of hydrogen-bond donors (Lipinski definition) is 1. The molecule has 1 atom stereocenters. The third kappa shape index (κ3) is 2.30. The molecule has 0 saturated heterocycles. The van der Waals surface area contributed by atoms with Gasteiger partial charge in [-0.3, -0.25) is 4.90 Å². The molecule has 5 nitrogen and oxygen atoms in total. The van der Waals surface area contributed by atoms with Crippen LogP contribution in [0.1, 0.15) is 23.7 Å². The van der Waals surface area contributed by atoms with E-state index in [4.69, 9.17) is 4.74 Å². The van der Waals surface area contributed by atoms with Crippen molar-refractivity contribution in [3.63, 3.8) is 0 Å². The molecule has 0 aliphatic rings. The number of fused-ring (bicyclic) bond motifs is 1. The van der Waals surface area contributed by atoms with E-state index in [-0.39, 0.29) is 0 Å². The summed E-state index contributed by atoms with van der Waals surface area (Å²) in [5.74, 6) is 0.605. The predicted octanol–water partition coefficient (Wildman–Crippen LogP) is 1.99. The molecule has 2 aromatic heterocycles. The molecule has 2 aromatic rings. The number of methoxy groups -OCH3 is 1. The Hall–Kier alpha value is -1.85. The number of nitrogens with zero attached hydrogens (tertiary/aromatic N) is 3. The van der Waals surface area contributed by atoms with Gasteiger partial charge in [0.05, 0.1) is 7.11 Å². The second kappa shape index (κ2) is 4.92. The largest absolute Gasteiger partial charge is 0.497 e. The Bertz CT molecular complexity index is 656. The van der Waals surface area contributed by atoms with Crippen molar-refractivity contribution in [3.05, 3.63) is 41.9 Å². The van der Waals surface area contributed by atoms with E-state index in [0.29, 0.717) is 11.5 Å². The average molecular weight is 275 g/mol. The van der Waals surface area contributed by atoms with Crippen molar-refractivity contribution in [2.75, 3.05) is 21.2 Å². The summed E-state index contributed by atoms with van der Waals surface area (Å²) >= 11 is 0. The molecule has 2 heterocycles. The van der Waals surface area contributed by atoms with Crippen LogP contribution >= 0.6 is 0 Å². The summed E-state index contributed by atoms with van der Waals surface area (Å²) in [5, 5.41) is 10.5. The summed E-state index contributed by atoms with van der Waals surface area (Å²) in [5.41, 5.74) is 2.20. The number of imidazole rings is 1. The van der Waals surface area contributed by atoms with Crippen LogP contribution in [-0.2, 0) is 10.5 Å². The van der Waals surface area contributed by atoms with Crippen molar-refractivity contribution in [1.29, 1.82) is 0 Å². The van der Waals surface area contributed by atoms with Crippen LogP contribution in [0.15, 0.2) is 25.0 Å². The Morgan fingerprint density at radius 2 is 2.10 bits per heavy atom. The molecule has 1 unspecified atom stereocenters. The third-order valence-electron chi connectivity index (χ3n) is 3.69. The van der Waals surface area contributed by atoms with Crippen molar-refractivity contribution in [2.24, 2.45) is 0 Å². The molecule has 0 aliphatic heterocycles. The van der Waals surface area contributed by atoms with Gasteiger partial charge in [-0.2, -0.15) is 0 Å². The fourth-order valence-corrected chi connectivity index (χ4v) is 2.01. The van der Waals surface area contributed by atoms with E-state index < -0.39 is 5.72 Å². The van der Waals surface area contributed by atoms with Gasteiger partial charge in [-0.05, 0) is 39.6 Å². The lowest BCUT2D eigenvalue weighted by Crippen LogP contribution is -2.38. The van der Waals surface area contributed by atoms with E-state index in [1.165, 1.54) is 0 Å². The topological polar surface area (TPSA) is 50.0 Å². The molecule has 0 fully saturated rings. The number of aryl methyl sites for hydroxylation is 1. The zero-order valence-electron chi connectivity index (χ0n) is 12.6. The molecule has 0 spiro atoms. The second-order valence-electron chi connectivity index (χ2n) is 5.30. The molecule has 0 bridgehead atoms. The van der Waals surface area contributed by atoms with Crippen LogP contribution in [0.3, 0.4) is 0 Å². The third-order valence-corrected chi connectivity index (χ3v) is 3.69. The predicted molar refractivity (Wildman–Crippen MR) is 79.2 cm³/mol. The maximum atomic E-state index is 10.5. The molecule has 0 aromatic carbocycles. The lowest BCUT2D eigenvalue weighted by Gasteiger charge is -2.28. The number of ether oxygens (including phenoxy) is 1. The summed E-state index contributed by atoms with van der Waals surface area (Å²) in [6, 6.07) is 1.91. The van der Waals surface area contributed by atoms with Crippen molar-refractivity contribution >= 4 is 11.4 Å². The van der Waals surface area contributed by atoms with Crippen molar-refractivity contribution in [2.45, 2.75) is 19.6 Å². The average Bonchev–Trinajstić information content (AvgIpc) is 2.80. The molecule has 0 aliphatic carbocycles. The van der Waals surface area contributed by atoms with Gasteiger partial charge in [0.2, 0.25) is 0 Å². The van der Waals surface area contributed by atoms with E-state index in [0.717, 1.165) is 16.8 Å². The highest BCUT2D eigenvalue weighted by atomic mass is 16.5. The van der Waals surface area contributed by atoms with E-state index >= 15 is 0 Å². The van der Waals surface area contributed by atoms with Crippen LogP contribution < -0.4 is 0 Å². The second-order valence-corrected chi connectivity index (χ2v) is 5.30. The monoisotopic (exact) mass is 275 g/mol. The van der Waals surface area contributed by atoms with Crippen LogP contribution in [0.5, 0.6) is 0 Å². The highest BCUT2D eigenvalue weighted by molar-refractivity contribution is 5.65. The first kappa shape index (κ1) is 14.6. The number of pyridine rings is 1. The number of aliphatic hydroxyl groups is 1. The number of aromatic nitrogens is 2. The summed E-state index contributed by atoms with van der Waals surface area (Å²) in [6.45, 7) is 7.59. The maximum Gasteiger partial charge on any atom is 0.159 e. The van der Waals surface area contributed by atoms with Gasteiger partial charge in [0, 0.05) is 18.0 Å². The molecular formula is C15H21N3O2. The molecule has 1 N–H and O–H groups in total. The minimum absolute atomic E-state index is 0.599. The van der Waals surface area contributed by atoms with Gasteiger partial charge in [-0.1, -0.05) is 6.58 Å². The molecule has 108 valence electrons. The molecule has 0 amide bonds. The van der Waals surface area contributed by atoms with Gasteiger partial charge in [0.1, 0.15) is 17.1 Å². The normalized spacial score (nSPS) is 14.6. The Kier molecular flexibility index (Phi) is 3.58. The summed E-state index contributed by atoms with van der Waals surface area (Å²) < 4.78 is 7.09. The van der Waals surface area contributed by atoms with Crippen LogP contribution in [0.2, 0.25) is 0 Å². The molecular weight excluding hydrogens is 254 g/mol. The Morgan fingerprint density at radius 3 is 2.65 bits per heavy atom. The summed E-state index contributed by atoms with van der Waals surface area (Å²) in [6.07, 6.45) is 3.79. The van der Waals surface area contributed by atoms with E-state index in [1.807, 2.05) is 43.9 Å². The van der Waals surface area contributed by atoms with Crippen molar-refractivity contribution in [1.82, 2.24) is 14.3 Å². The lowest BCUT2D eigenvalue weighted by atomic mass is 10.1. The van der Waals surface area contributed by atoms with Crippen molar-refractivity contribution in [3.8, 4) is 0 Å². The number of hydrogen-bond acceptors (Lipinski definition) is 4. The molecule has 0 saturated carbocycles. The van der Waals surface area contributed by atoms with Gasteiger partial charge in [-0.25, -0.2) is 4.98 Å². The van der Waals surface area contributed by atoms with Crippen molar-refractivity contribution < 1.29 is 9.84 Å². The Balaban J connectivity index is 2.58. The quantitative estimate of drug-likeness (QED) is 0.685. The summed E-state index contributed by atoms with van der Waals surface area (Å²) in [7, 11) is 5.22. The fraction of sp³-hybridized carbons (Fsp3) is 0.400. The minimum Gasteiger partial charge on any atom is -0.497 e. The van der Waals surface area contributed by atoms with E-state index in [2.05, 4.69) is 11.6 Å². The van der Waals surface area contributed by atoms with Crippen LogP contribution in [0.4, 0.5) is 0 Å². The van der Waals surface area contributed by atoms with E-state index in [1.54, 1.807) is 18.9 Å². The first-order valence-electron chi connectivity index (χ1n) is 6.40. The molecule has 0 radical (unpaired) electrons. The SMILES string of the molecule is C=C(OC)c1cc2nc(C(C)(O)N(C)C)cn2cc1C. The zero-order valence-corrected chi connectivity index (χ0v) is 12.6. The summed E-state index contributed by atoms with van der Waals surface area (Å²) in [4.78, 5) is 6.22.